The average Bonchev–Trinajstić information content (AvgIpc) is 2.88. The van der Waals surface area contributed by atoms with Gasteiger partial charge >= 0.3 is 0 Å². The van der Waals surface area contributed by atoms with E-state index in [0.29, 0.717) is 28.2 Å². The first kappa shape index (κ1) is 11.7. The van der Waals surface area contributed by atoms with Crippen LogP contribution in [0, 0.1) is 12.7 Å². The Morgan fingerprint density at radius 3 is 2.53 bits per heavy atom. The van der Waals surface area contributed by atoms with Crippen molar-refractivity contribution in [2.75, 3.05) is 6.79 Å². The summed E-state index contributed by atoms with van der Waals surface area (Å²) >= 11 is 0. The van der Waals surface area contributed by atoms with E-state index in [4.69, 9.17) is 9.47 Å². The van der Waals surface area contributed by atoms with Crippen LogP contribution in [0.5, 0.6) is 11.5 Å². The van der Waals surface area contributed by atoms with Crippen LogP contribution in [-0.4, -0.2) is 12.6 Å². The fourth-order valence-corrected chi connectivity index (χ4v) is 1.99. The molecule has 2 aromatic rings. The van der Waals surface area contributed by atoms with Gasteiger partial charge < -0.3 is 9.47 Å². The second-order valence-electron chi connectivity index (χ2n) is 4.36. The number of ether oxygens (including phenoxy) is 2. The third kappa shape index (κ3) is 2.05. The minimum Gasteiger partial charge on any atom is -0.454 e. The van der Waals surface area contributed by atoms with Gasteiger partial charge in [-0.1, -0.05) is 0 Å². The Morgan fingerprint density at radius 2 is 1.74 bits per heavy atom. The summed E-state index contributed by atoms with van der Waals surface area (Å²) in [7, 11) is 0. The molecule has 4 heteroatoms. The van der Waals surface area contributed by atoms with Gasteiger partial charge in [-0.05, 0) is 48.9 Å². The highest BCUT2D eigenvalue weighted by Gasteiger charge is 2.17. The van der Waals surface area contributed by atoms with Crippen LogP contribution in [0.2, 0.25) is 0 Å². The molecule has 19 heavy (non-hydrogen) atoms. The summed E-state index contributed by atoms with van der Waals surface area (Å²) in [5.41, 5.74) is 1.40. The Morgan fingerprint density at radius 1 is 1.05 bits per heavy atom. The van der Waals surface area contributed by atoms with Crippen LogP contribution in [0.3, 0.4) is 0 Å². The summed E-state index contributed by atoms with van der Waals surface area (Å²) in [5, 5.41) is 0. The van der Waals surface area contributed by atoms with Crippen molar-refractivity contribution in [3.63, 3.8) is 0 Å². The molecule has 0 N–H and O–H groups in total. The van der Waals surface area contributed by atoms with Gasteiger partial charge in [0.15, 0.2) is 17.3 Å². The molecule has 1 aliphatic rings. The topological polar surface area (TPSA) is 35.5 Å². The molecule has 0 unspecified atom stereocenters. The lowest BCUT2D eigenvalue weighted by Gasteiger charge is -2.04. The van der Waals surface area contributed by atoms with E-state index in [1.807, 2.05) is 0 Å². The van der Waals surface area contributed by atoms with Crippen molar-refractivity contribution >= 4 is 5.78 Å². The summed E-state index contributed by atoms with van der Waals surface area (Å²) in [6, 6.07) is 9.34. The highest BCUT2D eigenvalue weighted by molar-refractivity contribution is 6.09. The van der Waals surface area contributed by atoms with E-state index in [-0.39, 0.29) is 18.4 Å². The number of fused-ring (bicyclic) bond motifs is 1. The summed E-state index contributed by atoms with van der Waals surface area (Å²) in [4.78, 5) is 12.3. The monoisotopic (exact) mass is 258 g/mol. The molecule has 0 atom stereocenters. The van der Waals surface area contributed by atoms with Gasteiger partial charge in [-0.2, -0.15) is 0 Å². The number of benzene rings is 2. The zero-order chi connectivity index (χ0) is 13.4. The normalized spacial score (nSPS) is 12.5. The fraction of sp³-hybridized carbons (Fsp3) is 0.133. The summed E-state index contributed by atoms with van der Waals surface area (Å²) in [5.74, 6) is 0.708. The quantitative estimate of drug-likeness (QED) is 0.776. The van der Waals surface area contributed by atoms with Crippen LogP contribution in [0.15, 0.2) is 36.4 Å². The first-order chi connectivity index (χ1) is 9.15. The van der Waals surface area contributed by atoms with E-state index in [1.54, 1.807) is 31.2 Å². The van der Waals surface area contributed by atoms with Crippen molar-refractivity contribution in [1.82, 2.24) is 0 Å². The maximum Gasteiger partial charge on any atom is 0.231 e. The van der Waals surface area contributed by atoms with Crippen LogP contribution in [-0.2, 0) is 0 Å². The number of ketones is 1. The summed E-state index contributed by atoms with van der Waals surface area (Å²) < 4.78 is 23.6. The fourth-order valence-electron chi connectivity index (χ4n) is 1.99. The lowest BCUT2D eigenvalue weighted by Crippen LogP contribution is -2.02. The molecule has 0 radical (unpaired) electrons. The van der Waals surface area contributed by atoms with Gasteiger partial charge in [-0.25, -0.2) is 4.39 Å². The van der Waals surface area contributed by atoms with Gasteiger partial charge in [0.1, 0.15) is 5.82 Å². The summed E-state index contributed by atoms with van der Waals surface area (Å²) in [6.07, 6.45) is 0. The third-order valence-corrected chi connectivity index (χ3v) is 3.05. The van der Waals surface area contributed by atoms with E-state index < -0.39 is 0 Å². The SMILES string of the molecule is Cc1cc(C(=O)c2ccc3c(c2)OCO3)ccc1F. The van der Waals surface area contributed by atoms with Crippen molar-refractivity contribution in [3.8, 4) is 11.5 Å². The van der Waals surface area contributed by atoms with E-state index in [9.17, 15) is 9.18 Å². The zero-order valence-electron chi connectivity index (χ0n) is 10.3. The predicted octanol–water partition coefficient (Wildman–Crippen LogP) is 3.09. The summed E-state index contributed by atoms with van der Waals surface area (Å²) in [6.45, 7) is 1.80. The van der Waals surface area contributed by atoms with E-state index in [1.165, 1.54) is 12.1 Å². The Labute approximate surface area is 109 Å². The van der Waals surface area contributed by atoms with Gasteiger partial charge in [0.2, 0.25) is 6.79 Å². The number of halogens is 1. The predicted molar refractivity (Wildman–Crippen MR) is 67.1 cm³/mol. The average molecular weight is 258 g/mol. The van der Waals surface area contributed by atoms with E-state index in [0.717, 1.165) is 0 Å². The number of rotatable bonds is 2. The largest absolute Gasteiger partial charge is 0.454 e. The minimum atomic E-state index is -0.317. The van der Waals surface area contributed by atoms with Crippen molar-refractivity contribution in [1.29, 1.82) is 0 Å². The molecule has 0 saturated carbocycles. The van der Waals surface area contributed by atoms with Crippen LogP contribution in [0.4, 0.5) is 4.39 Å². The molecule has 0 amide bonds. The smallest absolute Gasteiger partial charge is 0.231 e. The minimum absolute atomic E-state index is 0.165. The standard InChI is InChI=1S/C15H11FO3/c1-9-6-10(2-4-12(9)16)15(17)11-3-5-13-14(7-11)19-8-18-13/h2-7H,8H2,1H3. The molecule has 0 spiro atoms. The Balaban J connectivity index is 1.97. The first-order valence-corrected chi connectivity index (χ1v) is 5.85. The molecule has 96 valence electrons. The Kier molecular flexibility index (Phi) is 2.71. The number of aryl methyl sites for hydroxylation is 1. The maximum absolute atomic E-state index is 13.2. The van der Waals surface area contributed by atoms with Crippen molar-refractivity contribution in [2.45, 2.75) is 6.92 Å². The lowest BCUT2D eigenvalue weighted by molar-refractivity contribution is 0.103. The highest BCUT2D eigenvalue weighted by Crippen LogP contribution is 2.33. The molecular weight excluding hydrogens is 247 g/mol. The molecule has 0 fully saturated rings. The molecule has 0 saturated heterocycles. The molecular formula is C15H11FO3. The second kappa shape index (κ2) is 4.39. The van der Waals surface area contributed by atoms with Crippen molar-refractivity contribution in [3.05, 3.63) is 58.9 Å². The molecule has 1 aliphatic heterocycles. The highest BCUT2D eigenvalue weighted by atomic mass is 19.1. The third-order valence-electron chi connectivity index (χ3n) is 3.05. The Hall–Kier alpha value is -2.36. The zero-order valence-corrected chi connectivity index (χ0v) is 10.3. The first-order valence-electron chi connectivity index (χ1n) is 5.85. The number of carbonyl (C=O) groups excluding carboxylic acids is 1. The molecule has 0 aromatic heterocycles. The Bertz CT molecular complexity index is 664. The van der Waals surface area contributed by atoms with Crippen LogP contribution < -0.4 is 9.47 Å². The number of hydrogen-bond donors (Lipinski definition) is 0. The van der Waals surface area contributed by atoms with Gasteiger partial charge in [0.25, 0.3) is 0 Å². The van der Waals surface area contributed by atoms with Crippen molar-refractivity contribution in [2.24, 2.45) is 0 Å². The van der Waals surface area contributed by atoms with Gasteiger partial charge in [0.05, 0.1) is 0 Å². The molecule has 0 bridgehead atoms. The van der Waals surface area contributed by atoms with Gasteiger partial charge in [-0.15, -0.1) is 0 Å². The van der Waals surface area contributed by atoms with E-state index in [2.05, 4.69) is 0 Å². The molecule has 2 aromatic carbocycles. The number of carbonyl (C=O) groups is 1. The number of hydrogen-bond acceptors (Lipinski definition) is 3. The van der Waals surface area contributed by atoms with Crippen LogP contribution in [0.1, 0.15) is 21.5 Å². The molecule has 1 heterocycles. The van der Waals surface area contributed by atoms with Crippen LogP contribution in [0.25, 0.3) is 0 Å². The van der Waals surface area contributed by atoms with E-state index >= 15 is 0 Å². The lowest BCUT2D eigenvalue weighted by atomic mass is 10.0. The second-order valence-corrected chi connectivity index (χ2v) is 4.36. The van der Waals surface area contributed by atoms with Crippen LogP contribution >= 0.6 is 0 Å². The van der Waals surface area contributed by atoms with Gasteiger partial charge in [0, 0.05) is 11.1 Å². The van der Waals surface area contributed by atoms with Gasteiger partial charge in [-0.3, -0.25) is 4.79 Å². The maximum atomic E-state index is 13.2. The van der Waals surface area contributed by atoms with Crippen molar-refractivity contribution < 1.29 is 18.7 Å². The molecule has 0 aliphatic carbocycles. The molecule has 3 nitrogen and oxygen atoms in total. The molecule has 3 rings (SSSR count).